The molecule has 2 aromatic rings. The standard InChI is InChI=1S/C20H19NO3/c1-3-11-23-16-9-6-8-15(12-16)13-18-20(22)24-19(21-18)17-10-5-4-7-14(17)2/h4-10,12-13H,3,11H2,1-2H3/b18-13-. The highest BCUT2D eigenvalue weighted by atomic mass is 16.6. The lowest BCUT2D eigenvalue weighted by Gasteiger charge is -2.04. The molecule has 0 N–H and O–H groups in total. The van der Waals surface area contributed by atoms with Crippen molar-refractivity contribution in [1.82, 2.24) is 0 Å². The summed E-state index contributed by atoms with van der Waals surface area (Å²) in [4.78, 5) is 16.4. The van der Waals surface area contributed by atoms with Crippen LogP contribution in [0.4, 0.5) is 0 Å². The van der Waals surface area contributed by atoms with Crippen molar-refractivity contribution in [3.8, 4) is 5.75 Å². The summed E-state index contributed by atoms with van der Waals surface area (Å²) in [7, 11) is 0. The number of carbonyl (C=O) groups excluding carboxylic acids is 1. The van der Waals surface area contributed by atoms with Gasteiger partial charge in [0.2, 0.25) is 5.90 Å². The first kappa shape index (κ1) is 16.0. The topological polar surface area (TPSA) is 47.9 Å². The van der Waals surface area contributed by atoms with Crippen LogP contribution in [0.2, 0.25) is 0 Å². The van der Waals surface area contributed by atoms with Crippen LogP contribution in [0, 0.1) is 6.92 Å². The minimum Gasteiger partial charge on any atom is -0.494 e. The molecule has 0 amide bonds. The molecule has 24 heavy (non-hydrogen) atoms. The first-order chi connectivity index (χ1) is 11.7. The van der Waals surface area contributed by atoms with E-state index in [2.05, 4.69) is 11.9 Å². The van der Waals surface area contributed by atoms with Crippen LogP contribution in [-0.4, -0.2) is 18.5 Å². The van der Waals surface area contributed by atoms with Crippen molar-refractivity contribution >= 4 is 17.9 Å². The summed E-state index contributed by atoms with van der Waals surface area (Å²) in [5.41, 5.74) is 2.99. The molecule has 1 aliphatic rings. The van der Waals surface area contributed by atoms with Gasteiger partial charge in [-0.15, -0.1) is 0 Å². The summed E-state index contributed by atoms with van der Waals surface area (Å²) in [6.45, 7) is 4.68. The van der Waals surface area contributed by atoms with E-state index in [9.17, 15) is 4.79 Å². The fourth-order valence-electron chi connectivity index (χ4n) is 2.41. The molecular formula is C20H19NO3. The molecular weight excluding hydrogens is 302 g/mol. The molecule has 4 nitrogen and oxygen atoms in total. The molecule has 3 rings (SSSR count). The van der Waals surface area contributed by atoms with Crippen molar-refractivity contribution in [1.29, 1.82) is 0 Å². The monoisotopic (exact) mass is 321 g/mol. The number of nitrogens with zero attached hydrogens (tertiary/aromatic N) is 1. The summed E-state index contributed by atoms with van der Waals surface area (Å²) in [6.07, 6.45) is 2.66. The number of benzene rings is 2. The van der Waals surface area contributed by atoms with Crippen molar-refractivity contribution in [3.63, 3.8) is 0 Å². The van der Waals surface area contributed by atoms with Crippen LogP contribution in [0.3, 0.4) is 0 Å². The zero-order chi connectivity index (χ0) is 16.9. The second-order valence-corrected chi connectivity index (χ2v) is 5.57. The van der Waals surface area contributed by atoms with E-state index in [0.717, 1.165) is 28.9 Å². The third-order valence-corrected chi connectivity index (χ3v) is 3.63. The highest BCUT2D eigenvalue weighted by Gasteiger charge is 2.24. The van der Waals surface area contributed by atoms with E-state index in [4.69, 9.17) is 9.47 Å². The van der Waals surface area contributed by atoms with Gasteiger partial charge in [-0.3, -0.25) is 0 Å². The molecule has 0 aromatic heterocycles. The summed E-state index contributed by atoms with van der Waals surface area (Å²) < 4.78 is 10.9. The number of cyclic esters (lactones) is 1. The second-order valence-electron chi connectivity index (χ2n) is 5.57. The SMILES string of the molecule is CCCOc1cccc(/C=C2\N=C(c3ccccc3C)OC2=O)c1. The molecule has 0 aliphatic carbocycles. The third kappa shape index (κ3) is 3.54. The molecule has 1 aliphatic heterocycles. The van der Waals surface area contributed by atoms with Crippen molar-refractivity contribution in [2.75, 3.05) is 6.61 Å². The van der Waals surface area contributed by atoms with Crippen molar-refractivity contribution in [3.05, 3.63) is 70.9 Å². The van der Waals surface area contributed by atoms with Gasteiger partial charge in [0.05, 0.1) is 6.61 Å². The predicted octanol–water partition coefficient (Wildman–Crippen LogP) is 4.13. The first-order valence-corrected chi connectivity index (χ1v) is 7.99. The Morgan fingerprint density at radius 3 is 2.79 bits per heavy atom. The Morgan fingerprint density at radius 2 is 2.00 bits per heavy atom. The Balaban J connectivity index is 1.88. The molecule has 0 spiro atoms. The number of esters is 1. The maximum atomic E-state index is 12.1. The van der Waals surface area contributed by atoms with Crippen molar-refractivity contribution in [2.24, 2.45) is 4.99 Å². The van der Waals surface area contributed by atoms with Gasteiger partial charge in [0, 0.05) is 5.56 Å². The number of aryl methyl sites for hydroxylation is 1. The molecule has 2 aromatic carbocycles. The lowest BCUT2D eigenvalue weighted by Crippen LogP contribution is -2.06. The van der Waals surface area contributed by atoms with E-state index in [1.807, 2.05) is 55.5 Å². The van der Waals surface area contributed by atoms with Gasteiger partial charge in [-0.2, -0.15) is 0 Å². The maximum Gasteiger partial charge on any atom is 0.363 e. The fraction of sp³-hybridized carbons (Fsp3) is 0.200. The lowest BCUT2D eigenvalue weighted by molar-refractivity contribution is -0.129. The van der Waals surface area contributed by atoms with E-state index in [-0.39, 0.29) is 0 Å². The van der Waals surface area contributed by atoms with Crippen LogP contribution in [-0.2, 0) is 9.53 Å². The van der Waals surface area contributed by atoms with Gasteiger partial charge in [0.25, 0.3) is 0 Å². The minimum absolute atomic E-state index is 0.292. The van der Waals surface area contributed by atoms with E-state index in [0.29, 0.717) is 18.2 Å². The Labute approximate surface area is 141 Å². The van der Waals surface area contributed by atoms with E-state index in [1.165, 1.54) is 0 Å². The van der Waals surface area contributed by atoms with Crippen molar-refractivity contribution < 1.29 is 14.3 Å². The van der Waals surface area contributed by atoms with Gasteiger partial charge < -0.3 is 9.47 Å². The summed E-state index contributed by atoms with van der Waals surface area (Å²) in [5, 5.41) is 0. The summed E-state index contributed by atoms with van der Waals surface area (Å²) in [6, 6.07) is 15.3. The smallest absolute Gasteiger partial charge is 0.363 e. The Kier molecular flexibility index (Phi) is 4.75. The van der Waals surface area contributed by atoms with Crippen molar-refractivity contribution in [2.45, 2.75) is 20.3 Å². The Bertz CT molecular complexity index is 821. The van der Waals surface area contributed by atoms with Gasteiger partial charge >= 0.3 is 5.97 Å². The molecule has 0 saturated heterocycles. The van der Waals surface area contributed by atoms with Crippen LogP contribution in [0.15, 0.2) is 59.2 Å². The zero-order valence-corrected chi connectivity index (χ0v) is 13.8. The van der Waals surface area contributed by atoms with Gasteiger partial charge in [-0.05, 0) is 48.7 Å². The van der Waals surface area contributed by atoms with Gasteiger partial charge in [-0.1, -0.05) is 37.3 Å². The molecule has 0 fully saturated rings. The molecule has 4 heteroatoms. The first-order valence-electron chi connectivity index (χ1n) is 7.99. The number of hydrogen-bond acceptors (Lipinski definition) is 4. The summed E-state index contributed by atoms with van der Waals surface area (Å²) in [5.74, 6) is 0.691. The van der Waals surface area contributed by atoms with Crippen LogP contribution >= 0.6 is 0 Å². The van der Waals surface area contributed by atoms with E-state index in [1.54, 1.807) is 6.08 Å². The molecule has 1 heterocycles. The van der Waals surface area contributed by atoms with Crippen LogP contribution in [0.5, 0.6) is 5.75 Å². The predicted molar refractivity (Wildman–Crippen MR) is 94.0 cm³/mol. The van der Waals surface area contributed by atoms with Gasteiger partial charge in [0.15, 0.2) is 5.70 Å². The second kappa shape index (κ2) is 7.13. The number of ether oxygens (including phenoxy) is 2. The number of carbonyl (C=O) groups is 1. The molecule has 122 valence electrons. The third-order valence-electron chi connectivity index (χ3n) is 3.63. The summed E-state index contributed by atoms with van der Waals surface area (Å²) >= 11 is 0. The number of hydrogen-bond donors (Lipinski definition) is 0. The number of rotatable bonds is 5. The molecule has 0 radical (unpaired) electrons. The van der Waals surface area contributed by atoms with Gasteiger partial charge in [0.1, 0.15) is 5.75 Å². The minimum atomic E-state index is -0.437. The van der Waals surface area contributed by atoms with E-state index < -0.39 is 5.97 Å². The molecule has 0 saturated carbocycles. The Morgan fingerprint density at radius 1 is 1.17 bits per heavy atom. The molecule has 0 unspecified atom stereocenters. The normalized spacial score (nSPS) is 15.3. The average Bonchev–Trinajstić information content (AvgIpc) is 2.94. The highest BCUT2D eigenvalue weighted by Crippen LogP contribution is 2.22. The molecule has 0 atom stereocenters. The quantitative estimate of drug-likeness (QED) is 0.614. The maximum absolute atomic E-state index is 12.1. The largest absolute Gasteiger partial charge is 0.494 e. The number of aliphatic imine (C=N–C) groups is 1. The Hall–Kier alpha value is -2.88. The average molecular weight is 321 g/mol. The van der Waals surface area contributed by atoms with Gasteiger partial charge in [-0.25, -0.2) is 9.79 Å². The molecule has 0 bridgehead atoms. The lowest BCUT2D eigenvalue weighted by atomic mass is 10.1. The van der Waals surface area contributed by atoms with Crippen LogP contribution in [0.25, 0.3) is 6.08 Å². The zero-order valence-electron chi connectivity index (χ0n) is 13.8. The van der Waals surface area contributed by atoms with Crippen LogP contribution in [0.1, 0.15) is 30.0 Å². The fourth-order valence-corrected chi connectivity index (χ4v) is 2.41. The van der Waals surface area contributed by atoms with E-state index >= 15 is 0 Å². The van der Waals surface area contributed by atoms with Crippen LogP contribution < -0.4 is 4.74 Å². The highest BCUT2D eigenvalue weighted by molar-refractivity contribution is 6.13.